The van der Waals surface area contributed by atoms with Crippen LogP contribution in [0.15, 0.2) is 24.3 Å². The van der Waals surface area contributed by atoms with Gasteiger partial charge in [0.05, 0.1) is 0 Å². The van der Waals surface area contributed by atoms with Gasteiger partial charge in [-0.1, -0.05) is 23.7 Å². The van der Waals surface area contributed by atoms with Crippen LogP contribution in [0.25, 0.3) is 0 Å². The third-order valence-electron chi connectivity index (χ3n) is 2.69. The molecule has 1 aromatic carbocycles. The summed E-state index contributed by atoms with van der Waals surface area (Å²) in [6.07, 6.45) is 1.97. The van der Waals surface area contributed by atoms with Crippen molar-refractivity contribution >= 4 is 11.6 Å². The standard InChI is InChI=1S/C14H23ClN2/c1-11(17-8-7-14(2,3)16)9-12-5-4-6-13(15)10-12/h4-6,10-11,17H,7-9,16H2,1-3H3. The highest BCUT2D eigenvalue weighted by atomic mass is 35.5. The first-order valence-corrected chi connectivity index (χ1v) is 6.51. The Kier molecular flexibility index (Phi) is 5.44. The Morgan fingerprint density at radius 3 is 2.71 bits per heavy atom. The molecule has 0 heterocycles. The van der Waals surface area contributed by atoms with Crippen molar-refractivity contribution < 1.29 is 0 Å². The van der Waals surface area contributed by atoms with Crippen LogP contribution in [0.5, 0.6) is 0 Å². The lowest BCUT2D eigenvalue weighted by atomic mass is 10.0. The first kappa shape index (κ1) is 14.5. The highest BCUT2D eigenvalue weighted by Crippen LogP contribution is 2.12. The van der Waals surface area contributed by atoms with Crippen LogP contribution in [0.1, 0.15) is 32.8 Å². The molecule has 0 saturated heterocycles. The fourth-order valence-electron chi connectivity index (χ4n) is 1.73. The molecule has 0 saturated carbocycles. The summed E-state index contributed by atoms with van der Waals surface area (Å²) < 4.78 is 0. The third-order valence-corrected chi connectivity index (χ3v) is 2.93. The first-order valence-electron chi connectivity index (χ1n) is 6.13. The van der Waals surface area contributed by atoms with Crippen molar-refractivity contribution in [3.63, 3.8) is 0 Å². The summed E-state index contributed by atoms with van der Waals surface area (Å²) in [6.45, 7) is 7.24. The summed E-state index contributed by atoms with van der Waals surface area (Å²) in [5.74, 6) is 0. The van der Waals surface area contributed by atoms with E-state index >= 15 is 0 Å². The van der Waals surface area contributed by atoms with Gasteiger partial charge in [-0.3, -0.25) is 0 Å². The molecule has 1 unspecified atom stereocenters. The molecule has 0 radical (unpaired) electrons. The van der Waals surface area contributed by atoms with E-state index < -0.39 is 0 Å². The minimum atomic E-state index is -0.0945. The van der Waals surface area contributed by atoms with Gasteiger partial charge < -0.3 is 11.1 Å². The molecule has 96 valence electrons. The Morgan fingerprint density at radius 1 is 1.41 bits per heavy atom. The Morgan fingerprint density at radius 2 is 2.12 bits per heavy atom. The van der Waals surface area contributed by atoms with Crippen molar-refractivity contribution in [2.24, 2.45) is 5.73 Å². The summed E-state index contributed by atoms with van der Waals surface area (Å²) in [4.78, 5) is 0. The molecule has 1 aromatic rings. The maximum Gasteiger partial charge on any atom is 0.0408 e. The number of nitrogens with one attached hydrogen (secondary N) is 1. The Balaban J connectivity index is 2.32. The molecule has 1 atom stereocenters. The quantitative estimate of drug-likeness (QED) is 0.819. The largest absolute Gasteiger partial charge is 0.326 e. The van der Waals surface area contributed by atoms with Crippen LogP contribution in [0.4, 0.5) is 0 Å². The van der Waals surface area contributed by atoms with Gasteiger partial charge in [-0.2, -0.15) is 0 Å². The summed E-state index contributed by atoms with van der Waals surface area (Å²) in [7, 11) is 0. The second kappa shape index (κ2) is 6.39. The number of benzene rings is 1. The van der Waals surface area contributed by atoms with Crippen LogP contribution in [0, 0.1) is 0 Å². The molecule has 0 bridgehead atoms. The van der Waals surface area contributed by atoms with Crippen LogP contribution >= 0.6 is 11.6 Å². The molecule has 0 spiro atoms. The lowest BCUT2D eigenvalue weighted by Crippen LogP contribution is -2.38. The molecule has 2 nitrogen and oxygen atoms in total. The van der Waals surface area contributed by atoms with Crippen molar-refractivity contribution in [3.8, 4) is 0 Å². The van der Waals surface area contributed by atoms with Crippen molar-refractivity contribution in [3.05, 3.63) is 34.9 Å². The van der Waals surface area contributed by atoms with E-state index in [2.05, 4.69) is 32.2 Å². The molecule has 3 heteroatoms. The molecule has 3 N–H and O–H groups in total. The number of nitrogens with two attached hydrogens (primary N) is 1. The SMILES string of the molecule is CC(Cc1cccc(Cl)c1)NCCC(C)(C)N. The van der Waals surface area contributed by atoms with Gasteiger partial charge in [0.1, 0.15) is 0 Å². The average Bonchev–Trinajstić information content (AvgIpc) is 2.15. The van der Waals surface area contributed by atoms with Gasteiger partial charge in [0.2, 0.25) is 0 Å². The second-order valence-corrected chi connectivity index (χ2v) is 5.86. The van der Waals surface area contributed by atoms with Crippen molar-refractivity contribution in [1.29, 1.82) is 0 Å². The molecule has 17 heavy (non-hydrogen) atoms. The fraction of sp³-hybridized carbons (Fsp3) is 0.571. The van der Waals surface area contributed by atoms with Gasteiger partial charge in [0.25, 0.3) is 0 Å². The van der Waals surface area contributed by atoms with E-state index in [0.29, 0.717) is 6.04 Å². The molecular formula is C14H23ClN2. The Bertz CT molecular complexity index is 344. The van der Waals surface area contributed by atoms with E-state index in [0.717, 1.165) is 24.4 Å². The number of hydrogen-bond donors (Lipinski definition) is 2. The van der Waals surface area contributed by atoms with Crippen LogP contribution < -0.4 is 11.1 Å². The lowest BCUT2D eigenvalue weighted by molar-refractivity contribution is 0.432. The van der Waals surface area contributed by atoms with Gasteiger partial charge in [0.15, 0.2) is 0 Å². The van der Waals surface area contributed by atoms with Gasteiger partial charge in [0, 0.05) is 16.6 Å². The van der Waals surface area contributed by atoms with Crippen LogP contribution in [-0.4, -0.2) is 18.1 Å². The average molecular weight is 255 g/mol. The van der Waals surface area contributed by atoms with E-state index in [1.165, 1.54) is 5.56 Å². The topological polar surface area (TPSA) is 38.0 Å². The first-order chi connectivity index (χ1) is 7.87. The minimum Gasteiger partial charge on any atom is -0.326 e. The maximum atomic E-state index is 5.96. The molecular weight excluding hydrogens is 232 g/mol. The third kappa shape index (κ3) is 6.67. The monoisotopic (exact) mass is 254 g/mol. The smallest absolute Gasteiger partial charge is 0.0408 e. The predicted molar refractivity (Wildman–Crippen MR) is 75.5 cm³/mol. The normalized spacial score (nSPS) is 13.7. The van der Waals surface area contributed by atoms with Crippen LogP contribution in [0.3, 0.4) is 0 Å². The van der Waals surface area contributed by atoms with E-state index in [1.54, 1.807) is 0 Å². The van der Waals surface area contributed by atoms with E-state index in [-0.39, 0.29) is 5.54 Å². The molecule has 0 aliphatic rings. The summed E-state index contributed by atoms with van der Waals surface area (Å²) in [5.41, 5.74) is 7.11. The zero-order chi connectivity index (χ0) is 12.9. The highest BCUT2D eigenvalue weighted by Gasteiger charge is 2.10. The summed E-state index contributed by atoms with van der Waals surface area (Å²) in [5, 5.41) is 4.29. The molecule has 0 aromatic heterocycles. The van der Waals surface area contributed by atoms with Crippen molar-refractivity contribution in [1.82, 2.24) is 5.32 Å². The zero-order valence-electron chi connectivity index (χ0n) is 11.0. The molecule has 0 fully saturated rings. The van der Waals surface area contributed by atoms with Crippen LogP contribution in [-0.2, 0) is 6.42 Å². The summed E-state index contributed by atoms with van der Waals surface area (Å²) in [6, 6.07) is 8.47. The Labute approximate surface area is 110 Å². The molecule has 1 rings (SSSR count). The van der Waals surface area contributed by atoms with Crippen LogP contribution in [0.2, 0.25) is 5.02 Å². The van der Waals surface area contributed by atoms with Gasteiger partial charge >= 0.3 is 0 Å². The molecule has 0 amide bonds. The van der Waals surface area contributed by atoms with E-state index in [9.17, 15) is 0 Å². The zero-order valence-corrected chi connectivity index (χ0v) is 11.7. The predicted octanol–water partition coefficient (Wildman–Crippen LogP) is 2.99. The molecule has 0 aliphatic carbocycles. The van der Waals surface area contributed by atoms with E-state index in [4.69, 9.17) is 17.3 Å². The number of rotatable bonds is 6. The van der Waals surface area contributed by atoms with E-state index in [1.807, 2.05) is 18.2 Å². The number of halogens is 1. The van der Waals surface area contributed by atoms with Gasteiger partial charge in [-0.25, -0.2) is 0 Å². The Hall–Kier alpha value is -0.570. The highest BCUT2D eigenvalue weighted by molar-refractivity contribution is 6.30. The van der Waals surface area contributed by atoms with Gasteiger partial charge in [-0.05, 0) is 57.9 Å². The van der Waals surface area contributed by atoms with Gasteiger partial charge in [-0.15, -0.1) is 0 Å². The molecule has 0 aliphatic heterocycles. The minimum absolute atomic E-state index is 0.0945. The second-order valence-electron chi connectivity index (χ2n) is 5.43. The lowest BCUT2D eigenvalue weighted by Gasteiger charge is -2.20. The maximum absolute atomic E-state index is 5.96. The number of hydrogen-bond acceptors (Lipinski definition) is 2. The van der Waals surface area contributed by atoms with Crippen molar-refractivity contribution in [2.75, 3.05) is 6.54 Å². The van der Waals surface area contributed by atoms with Crippen molar-refractivity contribution in [2.45, 2.75) is 45.2 Å². The fourth-order valence-corrected chi connectivity index (χ4v) is 1.94. The summed E-state index contributed by atoms with van der Waals surface area (Å²) >= 11 is 5.96.